The van der Waals surface area contributed by atoms with Crippen molar-refractivity contribution in [3.63, 3.8) is 0 Å². The number of halogens is 2. The van der Waals surface area contributed by atoms with E-state index in [0.717, 1.165) is 16.3 Å². The minimum absolute atomic E-state index is 0.0730. The van der Waals surface area contributed by atoms with Crippen molar-refractivity contribution in [3.8, 4) is 11.5 Å². The number of amides is 2. The number of nitrogens with one attached hydrogen (secondary N) is 2. The number of phenols is 1. The number of carbonyl (C=O) groups excluding carboxylic acids is 2. The number of aromatic hydroxyl groups is 1. The third-order valence-electron chi connectivity index (χ3n) is 5.00. The van der Waals surface area contributed by atoms with Gasteiger partial charge in [0, 0.05) is 27.2 Å². The molecule has 0 spiro atoms. The molecule has 0 unspecified atom stereocenters. The van der Waals surface area contributed by atoms with E-state index in [0.29, 0.717) is 16.5 Å². The van der Waals surface area contributed by atoms with E-state index in [1.807, 2.05) is 24.3 Å². The van der Waals surface area contributed by atoms with Gasteiger partial charge in [-0.15, -0.1) is 0 Å². The molecule has 0 saturated carbocycles. The van der Waals surface area contributed by atoms with Crippen molar-refractivity contribution < 1.29 is 19.4 Å². The molecule has 2 amide bonds. The highest BCUT2D eigenvalue weighted by Crippen LogP contribution is 2.26. The van der Waals surface area contributed by atoms with Gasteiger partial charge in [-0.2, -0.15) is 5.10 Å². The predicted octanol–water partition coefficient (Wildman–Crippen LogP) is 5.63. The number of ether oxygens (including phenoxy) is 1. The van der Waals surface area contributed by atoms with Crippen molar-refractivity contribution in [1.82, 2.24) is 5.43 Å². The Morgan fingerprint density at radius 1 is 0.943 bits per heavy atom. The molecular weight excluding hydrogens is 489 g/mol. The second-order valence-corrected chi connectivity index (χ2v) is 8.25. The van der Waals surface area contributed by atoms with Gasteiger partial charge in [0.2, 0.25) is 0 Å². The maximum atomic E-state index is 12.4. The number of benzene rings is 4. The summed E-state index contributed by atoms with van der Waals surface area (Å²) in [6.07, 6.45) is 1.51. The average molecular weight is 508 g/mol. The molecule has 35 heavy (non-hydrogen) atoms. The Bertz CT molecular complexity index is 1420. The van der Waals surface area contributed by atoms with Crippen LogP contribution in [0, 0.1) is 0 Å². The Morgan fingerprint density at radius 3 is 2.43 bits per heavy atom. The van der Waals surface area contributed by atoms with Crippen LogP contribution in [0.1, 0.15) is 15.9 Å². The average Bonchev–Trinajstić information content (AvgIpc) is 2.86. The molecule has 0 fully saturated rings. The molecule has 9 heteroatoms. The van der Waals surface area contributed by atoms with Crippen LogP contribution >= 0.6 is 23.2 Å². The van der Waals surface area contributed by atoms with Crippen LogP contribution in [0.2, 0.25) is 10.0 Å². The summed E-state index contributed by atoms with van der Waals surface area (Å²) in [6.45, 7) is -0.160. The van der Waals surface area contributed by atoms with Gasteiger partial charge < -0.3 is 15.2 Å². The number of anilines is 1. The topological polar surface area (TPSA) is 100 Å². The number of nitrogens with zero attached hydrogens (tertiary/aromatic N) is 1. The van der Waals surface area contributed by atoms with Gasteiger partial charge in [-0.05, 0) is 53.9 Å². The maximum Gasteiger partial charge on any atom is 0.271 e. The number of fused-ring (bicyclic) bond motifs is 1. The first kappa shape index (κ1) is 24.1. The summed E-state index contributed by atoms with van der Waals surface area (Å²) in [6, 6.07) is 21.9. The Labute approximate surface area is 210 Å². The van der Waals surface area contributed by atoms with E-state index < -0.39 is 5.91 Å². The number of hydrogen-bond acceptors (Lipinski definition) is 5. The molecule has 176 valence electrons. The lowest BCUT2D eigenvalue weighted by atomic mass is 10.0. The molecule has 0 saturated heterocycles. The molecule has 0 aromatic heterocycles. The van der Waals surface area contributed by atoms with Crippen LogP contribution < -0.4 is 15.5 Å². The molecule has 3 N–H and O–H groups in total. The number of hydrazone groups is 1. The highest BCUT2D eigenvalue weighted by atomic mass is 35.5. The second-order valence-electron chi connectivity index (χ2n) is 7.40. The molecular formula is C26H19Cl2N3O4. The van der Waals surface area contributed by atoms with Crippen LogP contribution in [-0.4, -0.2) is 29.7 Å². The van der Waals surface area contributed by atoms with Crippen LogP contribution in [0.5, 0.6) is 11.5 Å². The summed E-state index contributed by atoms with van der Waals surface area (Å²) in [5, 5.41) is 18.7. The summed E-state index contributed by atoms with van der Waals surface area (Å²) in [5.74, 6) is -0.358. The maximum absolute atomic E-state index is 12.4. The fourth-order valence-electron chi connectivity index (χ4n) is 3.28. The summed E-state index contributed by atoms with van der Waals surface area (Å²) >= 11 is 11.7. The van der Waals surface area contributed by atoms with Crippen LogP contribution in [0.15, 0.2) is 84.0 Å². The van der Waals surface area contributed by atoms with Gasteiger partial charge in [-0.25, -0.2) is 5.43 Å². The van der Waals surface area contributed by atoms with Gasteiger partial charge in [0.15, 0.2) is 6.61 Å². The number of phenolic OH excluding ortho intramolecular Hbond substituents is 1. The monoisotopic (exact) mass is 507 g/mol. The van der Waals surface area contributed by atoms with Crippen molar-refractivity contribution >= 4 is 57.7 Å². The first-order valence-electron chi connectivity index (χ1n) is 10.4. The Kier molecular flexibility index (Phi) is 7.50. The van der Waals surface area contributed by atoms with E-state index in [9.17, 15) is 14.7 Å². The largest absolute Gasteiger partial charge is 0.506 e. The molecule has 0 aliphatic heterocycles. The SMILES string of the molecule is O=C(COc1ccc(Cl)cc1)Nc1ccc(/C=N/NC(=O)c2ccc(O)c(Cl)c2)c2ccccc12. The van der Waals surface area contributed by atoms with E-state index in [2.05, 4.69) is 15.8 Å². The first-order chi connectivity index (χ1) is 16.9. The minimum Gasteiger partial charge on any atom is -0.506 e. The van der Waals surface area contributed by atoms with Crippen molar-refractivity contribution in [3.05, 3.63) is 100 Å². The molecule has 0 heterocycles. The standard InChI is InChI=1S/C26H19Cl2N3O4/c27-18-7-9-19(10-8-18)35-15-25(33)30-23-11-5-17(20-3-1-2-4-21(20)23)14-29-31-26(34)16-6-12-24(32)22(28)13-16/h1-14,32H,15H2,(H,30,33)(H,31,34)/b29-14+. The summed E-state index contributed by atoms with van der Waals surface area (Å²) in [5.41, 5.74) is 4.05. The van der Waals surface area contributed by atoms with E-state index in [1.165, 1.54) is 24.4 Å². The van der Waals surface area contributed by atoms with Crippen molar-refractivity contribution in [2.75, 3.05) is 11.9 Å². The molecule has 4 aromatic carbocycles. The third-order valence-corrected chi connectivity index (χ3v) is 5.55. The molecule has 0 atom stereocenters. The fourth-order valence-corrected chi connectivity index (χ4v) is 3.59. The van der Waals surface area contributed by atoms with Crippen LogP contribution in [0.4, 0.5) is 5.69 Å². The second kappa shape index (κ2) is 10.9. The lowest BCUT2D eigenvalue weighted by Gasteiger charge is -2.11. The van der Waals surface area contributed by atoms with Crippen LogP contribution in [0.25, 0.3) is 10.8 Å². The van der Waals surface area contributed by atoms with E-state index in [1.54, 1.807) is 36.4 Å². The number of carbonyl (C=O) groups is 2. The number of hydrogen-bond donors (Lipinski definition) is 3. The summed E-state index contributed by atoms with van der Waals surface area (Å²) < 4.78 is 5.50. The predicted molar refractivity (Wildman–Crippen MR) is 138 cm³/mol. The highest BCUT2D eigenvalue weighted by Gasteiger charge is 2.10. The number of rotatable bonds is 7. The van der Waals surface area contributed by atoms with Gasteiger partial charge >= 0.3 is 0 Å². The molecule has 0 bridgehead atoms. The lowest BCUT2D eigenvalue weighted by Crippen LogP contribution is -2.20. The smallest absolute Gasteiger partial charge is 0.271 e. The lowest BCUT2D eigenvalue weighted by molar-refractivity contribution is -0.118. The zero-order chi connectivity index (χ0) is 24.8. The van der Waals surface area contributed by atoms with Gasteiger partial charge in [-0.3, -0.25) is 9.59 Å². The summed E-state index contributed by atoms with van der Waals surface area (Å²) in [4.78, 5) is 24.7. The zero-order valence-electron chi connectivity index (χ0n) is 18.2. The molecule has 4 aromatic rings. The van der Waals surface area contributed by atoms with E-state index >= 15 is 0 Å². The molecule has 0 aliphatic carbocycles. The third kappa shape index (κ3) is 6.09. The minimum atomic E-state index is -0.475. The van der Waals surface area contributed by atoms with Crippen LogP contribution in [-0.2, 0) is 4.79 Å². The molecule has 7 nitrogen and oxygen atoms in total. The van der Waals surface area contributed by atoms with Crippen molar-refractivity contribution in [1.29, 1.82) is 0 Å². The van der Waals surface area contributed by atoms with Crippen molar-refractivity contribution in [2.24, 2.45) is 5.10 Å². The van der Waals surface area contributed by atoms with Crippen LogP contribution in [0.3, 0.4) is 0 Å². The molecule has 4 rings (SSSR count). The Morgan fingerprint density at radius 2 is 1.69 bits per heavy atom. The highest BCUT2D eigenvalue weighted by molar-refractivity contribution is 6.32. The van der Waals surface area contributed by atoms with Gasteiger partial charge in [-0.1, -0.05) is 53.5 Å². The van der Waals surface area contributed by atoms with E-state index in [-0.39, 0.29) is 28.8 Å². The zero-order valence-corrected chi connectivity index (χ0v) is 19.7. The van der Waals surface area contributed by atoms with Crippen molar-refractivity contribution in [2.45, 2.75) is 0 Å². The Hall–Kier alpha value is -4.07. The van der Waals surface area contributed by atoms with Gasteiger partial charge in [0.05, 0.1) is 11.2 Å². The fraction of sp³-hybridized carbons (Fsp3) is 0.0385. The quantitative estimate of drug-likeness (QED) is 0.222. The summed E-state index contributed by atoms with van der Waals surface area (Å²) in [7, 11) is 0. The van der Waals surface area contributed by atoms with E-state index in [4.69, 9.17) is 27.9 Å². The first-order valence-corrected chi connectivity index (χ1v) is 11.2. The van der Waals surface area contributed by atoms with Gasteiger partial charge in [0.25, 0.3) is 11.8 Å². The molecule has 0 aliphatic rings. The van der Waals surface area contributed by atoms with Gasteiger partial charge in [0.1, 0.15) is 11.5 Å². The Balaban J connectivity index is 1.45. The molecule has 0 radical (unpaired) electrons. The normalized spacial score (nSPS) is 10.9.